The summed E-state index contributed by atoms with van der Waals surface area (Å²) in [5.74, 6) is 0. The molecular weight excluding hydrogens is 260 g/mol. The van der Waals surface area contributed by atoms with Gasteiger partial charge >= 0.3 is 0 Å². The maximum atomic E-state index is 10.7. The number of benzene rings is 3. The topological polar surface area (TPSA) is 29.5 Å². The fourth-order valence-corrected chi connectivity index (χ4v) is 2.63. The molecule has 0 radical (unpaired) electrons. The Morgan fingerprint density at radius 3 is 2.38 bits per heavy atom. The number of hydrogen-bond donors (Lipinski definition) is 1. The summed E-state index contributed by atoms with van der Waals surface area (Å²) in [5, 5.41) is 12.9. The molecule has 2 heteroatoms. The van der Waals surface area contributed by atoms with Crippen molar-refractivity contribution in [1.82, 2.24) is 0 Å². The molecular formula is C19H18O2. The van der Waals surface area contributed by atoms with Crippen molar-refractivity contribution in [3.05, 3.63) is 83.4 Å². The van der Waals surface area contributed by atoms with Crippen LogP contribution in [0.2, 0.25) is 0 Å². The van der Waals surface area contributed by atoms with Gasteiger partial charge in [-0.1, -0.05) is 66.7 Å². The molecule has 0 amide bonds. The predicted octanol–water partition coefficient (Wildman–Crippen LogP) is 4.07. The smallest absolute Gasteiger partial charge is 0.105 e. The van der Waals surface area contributed by atoms with Gasteiger partial charge in [0.15, 0.2) is 0 Å². The minimum Gasteiger partial charge on any atom is -0.384 e. The van der Waals surface area contributed by atoms with Crippen LogP contribution in [0.15, 0.2) is 66.7 Å². The van der Waals surface area contributed by atoms with Crippen LogP contribution in [0, 0.1) is 0 Å². The average Bonchev–Trinajstić information content (AvgIpc) is 2.55. The van der Waals surface area contributed by atoms with Gasteiger partial charge < -0.3 is 9.84 Å². The van der Waals surface area contributed by atoms with Crippen molar-refractivity contribution < 1.29 is 9.84 Å². The Kier molecular flexibility index (Phi) is 4.00. The van der Waals surface area contributed by atoms with Crippen LogP contribution in [-0.2, 0) is 11.3 Å². The van der Waals surface area contributed by atoms with E-state index >= 15 is 0 Å². The van der Waals surface area contributed by atoms with E-state index in [4.69, 9.17) is 4.74 Å². The summed E-state index contributed by atoms with van der Waals surface area (Å²) in [6.45, 7) is 0.588. The van der Waals surface area contributed by atoms with Crippen LogP contribution in [0.4, 0.5) is 0 Å². The van der Waals surface area contributed by atoms with E-state index in [0.717, 1.165) is 27.5 Å². The summed E-state index contributed by atoms with van der Waals surface area (Å²) < 4.78 is 5.11. The summed E-state index contributed by atoms with van der Waals surface area (Å²) in [4.78, 5) is 0. The minimum absolute atomic E-state index is 0.588. The molecule has 1 N–H and O–H groups in total. The summed E-state index contributed by atoms with van der Waals surface area (Å²) in [7, 11) is 1.68. The highest BCUT2D eigenvalue weighted by Gasteiger charge is 2.13. The average molecular weight is 278 g/mol. The van der Waals surface area contributed by atoms with Crippen LogP contribution >= 0.6 is 0 Å². The Hall–Kier alpha value is -2.16. The van der Waals surface area contributed by atoms with E-state index in [1.807, 2.05) is 54.6 Å². The van der Waals surface area contributed by atoms with Crippen LogP contribution < -0.4 is 0 Å². The third kappa shape index (κ3) is 2.82. The highest BCUT2D eigenvalue weighted by molar-refractivity contribution is 5.86. The molecule has 0 spiro atoms. The van der Waals surface area contributed by atoms with E-state index in [9.17, 15) is 5.11 Å². The van der Waals surface area contributed by atoms with Gasteiger partial charge in [-0.25, -0.2) is 0 Å². The van der Waals surface area contributed by atoms with Gasteiger partial charge in [0, 0.05) is 7.11 Å². The number of aliphatic hydroxyl groups is 1. The molecule has 21 heavy (non-hydrogen) atoms. The Bertz CT molecular complexity index is 727. The largest absolute Gasteiger partial charge is 0.384 e. The molecule has 0 saturated carbocycles. The molecule has 0 aliphatic heterocycles. The molecule has 0 aliphatic rings. The molecule has 0 fully saturated rings. The second kappa shape index (κ2) is 6.08. The van der Waals surface area contributed by atoms with Gasteiger partial charge in [0.25, 0.3) is 0 Å². The fraction of sp³-hybridized carbons (Fsp3) is 0.158. The van der Waals surface area contributed by atoms with Crippen molar-refractivity contribution in [2.75, 3.05) is 7.11 Å². The van der Waals surface area contributed by atoms with Crippen molar-refractivity contribution >= 4 is 10.8 Å². The first-order valence-electron chi connectivity index (χ1n) is 7.03. The van der Waals surface area contributed by atoms with Crippen molar-refractivity contribution in [1.29, 1.82) is 0 Å². The van der Waals surface area contributed by atoms with Gasteiger partial charge in [-0.3, -0.25) is 0 Å². The van der Waals surface area contributed by atoms with Gasteiger partial charge in [0.1, 0.15) is 6.10 Å². The zero-order valence-electron chi connectivity index (χ0n) is 12.0. The number of aliphatic hydroxyl groups excluding tert-OH is 1. The maximum Gasteiger partial charge on any atom is 0.105 e. The lowest BCUT2D eigenvalue weighted by Crippen LogP contribution is -2.01. The first-order chi connectivity index (χ1) is 10.3. The molecule has 0 aromatic heterocycles. The third-order valence-electron chi connectivity index (χ3n) is 3.72. The van der Waals surface area contributed by atoms with Crippen LogP contribution in [0.5, 0.6) is 0 Å². The Morgan fingerprint density at radius 1 is 0.905 bits per heavy atom. The van der Waals surface area contributed by atoms with Gasteiger partial charge in [0.2, 0.25) is 0 Å². The minimum atomic E-state index is -0.618. The van der Waals surface area contributed by atoms with E-state index in [1.54, 1.807) is 7.11 Å². The lowest BCUT2D eigenvalue weighted by molar-refractivity contribution is 0.184. The molecule has 0 bridgehead atoms. The number of methoxy groups -OCH3 is 1. The molecule has 3 rings (SSSR count). The zero-order valence-corrected chi connectivity index (χ0v) is 12.0. The van der Waals surface area contributed by atoms with Crippen LogP contribution in [0.3, 0.4) is 0 Å². The number of rotatable bonds is 4. The highest BCUT2D eigenvalue weighted by atomic mass is 16.5. The first-order valence-corrected chi connectivity index (χ1v) is 7.03. The predicted molar refractivity (Wildman–Crippen MR) is 85.2 cm³/mol. The molecule has 3 aromatic rings. The molecule has 106 valence electrons. The SMILES string of the molecule is COCc1ccc(C(O)c2cccc3ccccc23)cc1. The monoisotopic (exact) mass is 278 g/mol. The number of ether oxygens (including phenoxy) is 1. The van der Waals surface area contributed by atoms with E-state index in [1.165, 1.54) is 0 Å². The molecule has 2 nitrogen and oxygen atoms in total. The quantitative estimate of drug-likeness (QED) is 0.779. The molecule has 0 heterocycles. The Morgan fingerprint density at radius 2 is 1.62 bits per heavy atom. The van der Waals surface area contributed by atoms with E-state index < -0.39 is 6.10 Å². The van der Waals surface area contributed by atoms with Crippen molar-refractivity contribution in [3.63, 3.8) is 0 Å². The second-order valence-corrected chi connectivity index (χ2v) is 5.15. The third-order valence-corrected chi connectivity index (χ3v) is 3.72. The Balaban J connectivity index is 1.98. The van der Waals surface area contributed by atoms with Crippen molar-refractivity contribution in [2.24, 2.45) is 0 Å². The van der Waals surface area contributed by atoms with Crippen LogP contribution in [-0.4, -0.2) is 12.2 Å². The van der Waals surface area contributed by atoms with Crippen LogP contribution in [0.25, 0.3) is 10.8 Å². The molecule has 1 atom stereocenters. The van der Waals surface area contributed by atoms with E-state index in [-0.39, 0.29) is 0 Å². The molecule has 0 aliphatic carbocycles. The summed E-state index contributed by atoms with van der Waals surface area (Å²) in [5.41, 5.74) is 2.94. The lowest BCUT2D eigenvalue weighted by atomic mass is 9.95. The van der Waals surface area contributed by atoms with Crippen LogP contribution in [0.1, 0.15) is 22.8 Å². The van der Waals surface area contributed by atoms with Gasteiger partial charge in [-0.2, -0.15) is 0 Å². The molecule has 1 unspecified atom stereocenters. The second-order valence-electron chi connectivity index (χ2n) is 5.15. The fourth-order valence-electron chi connectivity index (χ4n) is 2.63. The standard InChI is InChI=1S/C19H18O2/c1-21-13-14-9-11-16(12-10-14)19(20)18-8-4-6-15-5-2-3-7-17(15)18/h2-12,19-20H,13H2,1H3. The normalized spacial score (nSPS) is 12.5. The van der Waals surface area contributed by atoms with Crippen molar-refractivity contribution in [3.8, 4) is 0 Å². The zero-order chi connectivity index (χ0) is 14.7. The van der Waals surface area contributed by atoms with E-state index in [0.29, 0.717) is 6.61 Å². The molecule has 3 aromatic carbocycles. The summed E-state index contributed by atoms with van der Waals surface area (Å²) in [6.07, 6.45) is -0.618. The van der Waals surface area contributed by atoms with Crippen molar-refractivity contribution in [2.45, 2.75) is 12.7 Å². The van der Waals surface area contributed by atoms with Gasteiger partial charge in [0.05, 0.1) is 6.61 Å². The summed E-state index contributed by atoms with van der Waals surface area (Å²) in [6, 6.07) is 22.1. The van der Waals surface area contributed by atoms with Gasteiger partial charge in [-0.15, -0.1) is 0 Å². The van der Waals surface area contributed by atoms with E-state index in [2.05, 4.69) is 12.1 Å². The maximum absolute atomic E-state index is 10.7. The van der Waals surface area contributed by atoms with Gasteiger partial charge in [-0.05, 0) is 27.5 Å². The lowest BCUT2D eigenvalue weighted by Gasteiger charge is -2.14. The Labute approximate surface area is 124 Å². The summed E-state index contributed by atoms with van der Waals surface area (Å²) >= 11 is 0. The highest BCUT2D eigenvalue weighted by Crippen LogP contribution is 2.29. The molecule has 0 saturated heterocycles. The number of fused-ring (bicyclic) bond motifs is 1. The first kappa shape index (κ1) is 13.8. The number of hydrogen-bond acceptors (Lipinski definition) is 2.